The number of carbonyl (C=O) groups is 1. The maximum Gasteiger partial charge on any atom is 0.252 e. The standard InChI is InChI=1S/C11H12Br2FNO/c1-2-7(12)6-15-11(16)9-5-8(14)3-4-10(9)13/h3-5,7H,2,6H2,1H3,(H,15,16). The van der Waals surface area contributed by atoms with Crippen molar-refractivity contribution in [2.45, 2.75) is 18.2 Å². The molecule has 0 fully saturated rings. The summed E-state index contributed by atoms with van der Waals surface area (Å²) < 4.78 is 13.6. The summed E-state index contributed by atoms with van der Waals surface area (Å²) >= 11 is 6.63. The first-order chi connectivity index (χ1) is 7.54. The maximum atomic E-state index is 13.0. The molecule has 0 radical (unpaired) electrons. The average molecular weight is 353 g/mol. The summed E-state index contributed by atoms with van der Waals surface area (Å²) in [4.78, 5) is 11.9. The van der Waals surface area contributed by atoms with Gasteiger partial charge >= 0.3 is 0 Å². The Kier molecular flexibility index (Phi) is 5.41. The molecule has 1 aromatic carbocycles. The number of benzene rings is 1. The van der Waals surface area contributed by atoms with E-state index in [1.54, 1.807) is 0 Å². The smallest absolute Gasteiger partial charge is 0.252 e. The highest BCUT2D eigenvalue weighted by Gasteiger charge is 2.11. The van der Waals surface area contributed by atoms with Gasteiger partial charge in [-0.05, 0) is 40.5 Å². The van der Waals surface area contributed by atoms with Gasteiger partial charge in [0.15, 0.2) is 0 Å². The van der Waals surface area contributed by atoms with Crippen LogP contribution in [0.2, 0.25) is 0 Å². The molecule has 0 saturated heterocycles. The molecule has 0 aliphatic heterocycles. The summed E-state index contributed by atoms with van der Waals surface area (Å²) in [5, 5.41) is 2.74. The van der Waals surface area contributed by atoms with Gasteiger partial charge in [-0.15, -0.1) is 0 Å². The van der Waals surface area contributed by atoms with Gasteiger partial charge in [-0.1, -0.05) is 22.9 Å². The van der Waals surface area contributed by atoms with Crippen molar-refractivity contribution in [3.63, 3.8) is 0 Å². The van der Waals surface area contributed by atoms with Crippen molar-refractivity contribution in [3.8, 4) is 0 Å². The number of rotatable bonds is 4. The molecule has 16 heavy (non-hydrogen) atoms. The summed E-state index contributed by atoms with van der Waals surface area (Å²) in [5.74, 6) is -0.691. The van der Waals surface area contributed by atoms with Crippen LogP contribution in [0.1, 0.15) is 23.7 Å². The fourth-order valence-corrected chi connectivity index (χ4v) is 1.70. The van der Waals surface area contributed by atoms with Gasteiger partial charge in [0.2, 0.25) is 0 Å². The summed E-state index contributed by atoms with van der Waals surface area (Å²) in [6.45, 7) is 2.54. The third-order valence-corrected chi connectivity index (χ3v) is 3.76. The molecule has 88 valence electrons. The van der Waals surface area contributed by atoms with E-state index in [2.05, 4.69) is 37.2 Å². The van der Waals surface area contributed by atoms with E-state index >= 15 is 0 Å². The highest BCUT2D eigenvalue weighted by atomic mass is 79.9. The van der Waals surface area contributed by atoms with E-state index in [4.69, 9.17) is 0 Å². The van der Waals surface area contributed by atoms with Gasteiger partial charge in [0.1, 0.15) is 5.82 Å². The van der Waals surface area contributed by atoms with Crippen LogP contribution >= 0.6 is 31.9 Å². The van der Waals surface area contributed by atoms with Gasteiger partial charge in [-0.3, -0.25) is 4.79 Å². The molecule has 1 atom stereocenters. The molecule has 0 aliphatic carbocycles. The zero-order valence-electron chi connectivity index (χ0n) is 8.77. The predicted molar refractivity (Wildman–Crippen MR) is 69.4 cm³/mol. The van der Waals surface area contributed by atoms with E-state index in [1.807, 2.05) is 6.92 Å². The molecule has 0 bridgehead atoms. The molecule has 0 spiro atoms. The van der Waals surface area contributed by atoms with Gasteiger partial charge in [-0.2, -0.15) is 0 Å². The molecule has 2 nitrogen and oxygen atoms in total. The first kappa shape index (κ1) is 13.6. The Bertz CT molecular complexity index is 384. The number of halogens is 3. The van der Waals surface area contributed by atoms with E-state index in [-0.39, 0.29) is 10.7 Å². The first-order valence-corrected chi connectivity index (χ1v) is 6.62. The fraction of sp³-hybridized carbons (Fsp3) is 0.364. The SMILES string of the molecule is CCC(Br)CNC(=O)c1cc(F)ccc1Br. The van der Waals surface area contributed by atoms with Crippen LogP contribution in [-0.4, -0.2) is 17.3 Å². The van der Waals surface area contributed by atoms with E-state index in [1.165, 1.54) is 18.2 Å². The van der Waals surface area contributed by atoms with Crippen molar-refractivity contribution >= 4 is 37.8 Å². The van der Waals surface area contributed by atoms with E-state index in [0.29, 0.717) is 16.6 Å². The van der Waals surface area contributed by atoms with Gasteiger partial charge in [0.25, 0.3) is 5.91 Å². The molecule has 1 amide bonds. The Morgan fingerprint density at radius 3 is 2.88 bits per heavy atom. The molecule has 1 unspecified atom stereocenters. The quantitative estimate of drug-likeness (QED) is 0.825. The predicted octanol–water partition coefficient (Wildman–Crippen LogP) is 3.49. The summed E-state index contributed by atoms with van der Waals surface area (Å²) in [7, 11) is 0. The largest absolute Gasteiger partial charge is 0.351 e. The maximum absolute atomic E-state index is 13.0. The lowest BCUT2D eigenvalue weighted by atomic mass is 10.2. The Balaban J connectivity index is 2.69. The fourth-order valence-electron chi connectivity index (χ4n) is 1.11. The average Bonchev–Trinajstić information content (AvgIpc) is 2.28. The van der Waals surface area contributed by atoms with Crippen molar-refractivity contribution in [2.75, 3.05) is 6.54 Å². The monoisotopic (exact) mass is 351 g/mol. The Morgan fingerprint density at radius 1 is 1.56 bits per heavy atom. The zero-order chi connectivity index (χ0) is 12.1. The Labute approximate surface area is 111 Å². The molecule has 0 aliphatic rings. The van der Waals surface area contributed by atoms with Gasteiger partial charge < -0.3 is 5.32 Å². The second-order valence-corrected chi connectivity index (χ2v) is 5.49. The molecule has 0 heterocycles. The summed E-state index contributed by atoms with van der Waals surface area (Å²) in [5.41, 5.74) is 0.316. The summed E-state index contributed by atoms with van der Waals surface area (Å²) in [6, 6.07) is 4.05. The number of amides is 1. The number of carbonyl (C=O) groups excluding carboxylic acids is 1. The lowest BCUT2D eigenvalue weighted by molar-refractivity contribution is 0.0952. The van der Waals surface area contributed by atoms with E-state index in [0.717, 1.165) is 6.42 Å². The van der Waals surface area contributed by atoms with Crippen molar-refractivity contribution in [1.82, 2.24) is 5.32 Å². The molecule has 1 rings (SSSR count). The number of nitrogens with one attached hydrogen (secondary N) is 1. The van der Waals surface area contributed by atoms with Crippen molar-refractivity contribution in [2.24, 2.45) is 0 Å². The Morgan fingerprint density at radius 2 is 2.25 bits per heavy atom. The first-order valence-electron chi connectivity index (χ1n) is 4.92. The van der Waals surface area contributed by atoms with Gasteiger partial charge in [0, 0.05) is 15.8 Å². The normalized spacial score (nSPS) is 12.2. The van der Waals surface area contributed by atoms with Crippen LogP contribution in [0.3, 0.4) is 0 Å². The third-order valence-electron chi connectivity index (χ3n) is 2.10. The highest BCUT2D eigenvalue weighted by molar-refractivity contribution is 9.10. The van der Waals surface area contributed by atoms with E-state index < -0.39 is 5.82 Å². The summed E-state index contributed by atoms with van der Waals surface area (Å²) in [6.07, 6.45) is 0.921. The van der Waals surface area contributed by atoms with Gasteiger partial charge in [-0.25, -0.2) is 4.39 Å². The van der Waals surface area contributed by atoms with Gasteiger partial charge in [0.05, 0.1) is 5.56 Å². The molecular formula is C11H12Br2FNO. The second kappa shape index (κ2) is 6.35. The number of hydrogen-bond acceptors (Lipinski definition) is 1. The molecule has 0 saturated carbocycles. The molecular weight excluding hydrogens is 341 g/mol. The van der Waals surface area contributed by atoms with Crippen molar-refractivity contribution in [1.29, 1.82) is 0 Å². The third kappa shape index (κ3) is 3.87. The minimum atomic E-state index is -0.417. The molecule has 1 N–H and O–H groups in total. The van der Waals surface area contributed by atoms with Crippen LogP contribution in [-0.2, 0) is 0 Å². The van der Waals surface area contributed by atoms with Crippen molar-refractivity contribution < 1.29 is 9.18 Å². The van der Waals surface area contributed by atoms with Crippen LogP contribution in [0.4, 0.5) is 4.39 Å². The second-order valence-electron chi connectivity index (χ2n) is 3.34. The molecule has 0 aromatic heterocycles. The minimum Gasteiger partial charge on any atom is -0.351 e. The topological polar surface area (TPSA) is 29.1 Å². The van der Waals surface area contributed by atoms with Crippen LogP contribution in [0.5, 0.6) is 0 Å². The number of alkyl halides is 1. The lowest BCUT2D eigenvalue weighted by Crippen LogP contribution is -2.29. The van der Waals surface area contributed by atoms with Crippen molar-refractivity contribution in [3.05, 3.63) is 34.1 Å². The van der Waals surface area contributed by atoms with E-state index in [9.17, 15) is 9.18 Å². The highest BCUT2D eigenvalue weighted by Crippen LogP contribution is 2.17. The lowest BCUT2D eigenvalue weighted by Gasteiger charge is -2.09. The van der Waals surface area contributed by atoms with Crippen LogP contribution in [0.25, 0.3) is 0 Å². The molecule has 1 aromatic rings. The van der Waals surface area contributed by atoms with Crippen LogP contribution in [0.15, 0.2) is 22.7 Å². The van der Waals surface area contributed by atoms with Crippen LogP contribution < -0.4 is 5.32 Å². The molecule has 5 heteroatoms. The Hall–Kier alpha value is -0.420. The zero-order valence-corrected chi connectivity index (χ0v) is 11.9. The number of hydrogen-bond donors (Lipinski definition) is 1. The minimum absolute atomic E-state index is 0.240. The van der Waals surface area contributed by atoms with Crippen LogP contribution in [0, 0.1) is 5.82 Å².